The molecule has 3 heteroatoms. The van der Waals surface area contributed by atoms with E-state index >= 15 is 0 Å². The molecule has 3 nitrogen and oxygen atoms in total. The third-order valence-corrected chi connectivity index (χ3v) is 1.99. The Morgan fingerprint density at radius 2 is 2.25 bits per heavy atom. The molecule has 0 radical (unpaired) electrons. The minimum Gasteiger partial charge on any atom is -0.497 e. The van der Waals surface area contributed by atoms with Crippen molar-refractivity contribution in [3.05, 3.63) is 35.9 Å². The van der Waals surface area contributed by atoms with Crippen LogP contribution in [0.5, 0.6) is 5.75 Å². The van der Waals surface area contributed by atoms with Gasteiger partial charge in [0, 0.05) is 0 Å². The molecule has 0 heterocycles. The van der Waals surface area contributed by atoms with E-state index in [1.54, 1.807) is 20.1 Å². The summed E-state index contributed by atoms with van der Waals surface area (Å²) < 4.78 is 9.91. The van der Waals surface area contributed by atoms with Gasteiger partial charge in [-0.1, -0.05) is 24.3 Å². The van der Waals surface area contributed by atoms with E-state index in [-0.39, 0.29) is 5.97 Å². The predicted octanol–water partition coefficient (Wildman–Crippen LogP) is 2.66. The van der Waals surface area contributed by atoms with Crippen LogP contribution < -0.4 is 4.74 Å². The lowest BCUT2D eigenvalue weighted by Gasteiger charge is -2.00. The molecule has 16 heavy (non-hydrogen) atoms. The molecule has 0 unspecified atom stereocenters. The summed E-state index contributed by atoms with van der Waals surface area (Å²) in [4.78, 5) is 11.1. The number of hydrogen-bond acceptors (Lipinski definition) is 3. The van der Waals surface area contributed by atoms with Gasteiger partial charge in [-0.05, 0) is 24.6 Å². The highest BCUT2D eigenvalue weighted by molar-refractivity contribution is 5.72. The minimum atomic E-state index is -0.207. The molecule has 0 aliphatic rings. The van der Waals surface area contributed by atoms with Crippen molar-refractivity contribution >= 4 is 12.0 Å². The molecular formula is C13H16O3. The normalized spacial score (nSPS) is 10.4. The molecule has 0 saturated carbocycles. The van der Waals surface area contributed by atoms with Crippen LogP contribution in [0.15, 0.2) is 30.3 Å². The van der Waals surface area contributed by atoms with Gasteiger partial charge in [0.1, 0.15) is 5.75 Å². The van der Waals surface area contributed by atoms with Crippen molar-refractivity contribution < 1.29 is 14.3 Å². The van der Waals surface area contributed by atoms with E-state index in [1.165, 1.54) is 0 Å². The minimum absolute atomic E-state index is 0.207. The zero-order valence-electron chi connectivity index (χ0n) is 9.60. The fraction of sp³-hybridized carbons (Fsp3) is 0.308. The fourth-order valence-corrected chi connectivity index (χ4v) is 1.26. The molecule has 0 aromatic heterocycles. The number of rotatable bonds is 5. The molecule has 0 fully saturated rings. The van der Waals surface area contributed by atoms with Crippen molar-refractivity contribution in [3.63, 3.8) is 0 Å². The van der Waals surface area contributed by atoms with E-state index in [1.807, 2.05) is 30.3 Å². The molecule has 0 aliphatic carbocycles. The van der Waals surface area contributed by atoms with E-state index in [2.05, 4.69) is 0 Å². The quantitative estimate of drug-likeness (QED) is 0.716. The first-order chi connectivity index (χ1) is 7.76. The molecule has 0 saturated heterocycles. The average molecular weight is 220 g/mol. The Labute approximate surface area is 95.7 Å². The van der Waals surface area contributed by atoms with Crippen molar-refractivity contribution in [3.8, 4) is 5.75 Å². The van der Waals surface area contributed by atoms with Crippen LogP contribution in [0.1, 0.15) is 18.9 Å². The zero-order chi connectivity index (χ0) is 11.8. The lowest BCUT2D eigenvalue weighted by molar-refractivity contribution is -0.142. The summed E-state index contributed by atoms with van der Waals surface area (Å²) in [7, 11) is 1.63. The first-order valence-electron chi connectivity index (χ1n) is 5.22. The SMILES string of the molecule is CCOC(=O)CC=Cc1cccc(OC)c1. The Bertz CT molecular complexity index is 369. The molecule has 1 aromatic carbocycles. The summed E-state index contributed by atoms with van der Waals surface area (Å²) >= 11 is 0. The lowest BCUT2D eigenvalue weighted by atomic mass is 10.2. The van der Waals surface area contributed by atoms with E-state index in [0.717, 1.165) is 11.3 Å². The number of ether oxygens (including phenoxy) is 2. The van der Waals surface area contributed by atoms with E-state index in [9.17, 15) is 4.79 Å². The van der Waals surface area contributed by atoms with Gasteiger partial charge in [0.2, 0.25) is 0 Å². The number of methoxy groups -OCH3 is 1. The number of carbonyl (C=O) groups excluding carboxylic acids is 1. The van der Waals surface area contributed by atoms with Gasteiger partial charge in [-0.3, -0.25) is 4.79 Å². The van der Waals surface area contributed by atoms with Crippen molar-refractivity contribution in [1.82, 2.24) is 0 Å². The number of esters is 1. The van der Waals surface area contributed by atoms with Crippen molar-refractivity contribution in [2.45, 2.75) is 13.3 Å². The van der Waals surface area contributed by atoms with E-state index in [4.69, 9.17) is 9.47 Å². The summed E-state index contributed by atoms with van der Waals surface area (Å²) in [5.41, 5.74) is 1.00. The van der Waals surface area contributed by atoms with Gasteiger partial charge in [-0.15, -0.1) is 0 Å². The van der Waals surface area contributed by atoms with Crippen LogP contribution >= 0.6 is 0 Å². The second kappa shape index (κ2) is 6.67. The number of hydrogen-bond donors (Lipinski definition) is 0. The van der Waals surface area contributed by atoms with Gasteiger partial charge in [0.25, 0.3) is 0 Å². The van der Waals surface area contributed by atoms with Gasteiger partial charge in [0.05, 0.1) is 20.1 Å². The Morgan fingerprint density at radius 3 is 2.94 bits per heavy atom. The fourth-order valence-electron chi connectivity index (χ4n) is 1.26. The Kier molecular flexibility index (Phi) is 5.12. The summed E-state index contributed by atoms with van der Waals surface area (Å²) in [6, 6.07) is 7.64. The molecule has 1 aromatic rings. The third kappa shape index (κ3) is 4.17. The maximum atomic E-state index is 11.1. The molecule has 0 amide bonds. The van der Waals surface area contributed by atoms with Crippen LogP contribution in [0.4, 0.5) is 0 Å². The predicted molar refractivity (Wildman–Crippen MR) is 63.3 cm³/mol. The third-order valence-electron chi connectivity index (χ3n) is 1.99. The first kappa shape index (κ1) is 12.3. The number of carbonyl (C=O) groups is 1. The lowest BCUT2D eigenvalue weighted by Crippen LogP contribution is -2.01. The zero-order valence-corrected chi connectivity index (χ0v) is 9.60. The molecule has 1 rings (SSSR count). The average Bonchev–Trinajstić information content (AvgIpc) is 2.30. The van der Waals surface area contributed by atoms with Gasteiger partial charge in [-0.25, -0.2) is 0 Å². The van der Waals surface area contributed by atoms with Crippen LogP contribution in [0, 0.1) is 0 Å². The highest BCUT2D eigenvalue weighted by atomic mass is 16.5. The van der Waals surface area contributed by atoms with E-state index in [0.29, 0.717) is 13.0 Å². The number of benzene rings is 1. The van der Waals surface area contributed by atoms with Crippen molar-refractivity contribution in [1.29, 1.82) is 0 Å². The Balaban J connectivity index is 2.52. The summed E-state index contributed by atoms with van der Waals surface area (Å²) in [6.45, 7) is 2.22. The first-order valence-corrected chi connectivity index (χ1v) is 5.22. The topological polar surface area (TPSA) is 35.5 Å². The summed E-state index contributed by atoms with van der Waals surface area (Å²) in [5, 5.41) is 0. The smallest absolute Gasteiger partial charge is 0.309 e. The standard InChI is InChI=1S/C13H16O3/c1-3-16-13(14)9-5-7-11-6-4-8-12(10-11)15-2/h4-8,10H,3,9H2,1-2H3. The van der Waals surface area contributed by atoms with Crippen LogP contribution in [0.3, 0.4) is 0 Å². The van der Waals surface area contributed by atoms with E-state index < -0.39 is 0 Å². The maximum Gasteiger partial charge on any atom is 0.309 e. The molecule has 0 aliphatic heterocycles. The van der Waals surface area contributed by atoms with Crippen LogP contribution in [0.2, 0.25) is 0 Å². The van der Waals surface area contributed by atoms with Crippen molar-refractivity contribution in [2.24, 2.45) is 0 Å². The monoisotopic (exact) mass is 220 g/mol. The molecular weight excluding hydrogens is 204 g/mol. The van der Waals surface area contributed by atoms with Crippen LogP contribution in [-0.2, 0) is 9.53 Å². The molecule has 0 spiro atoms. The molecule has 86 valence electrons. The van der Waals surface area contributed by atoms with Gasteiger partial charge in [-0.2, -0.15) is 0 Å². The van der Waals surface area contributed by atoms with Gasteiger partial charge >= 0.3 is 5.97 Å². The Hall–Kier alpha value is -1.77. The van der Waals surface area contributed by atoms with Gasteiger partial charge in [0.15, 0.2) is 0 Å². The molecule has 0 bridgehead atoms. The highest BCUT2D eigenvalue weighted by Gasteiger charge is 1.96. The van der Waals surface area contributed by atoms with Gasteiger partial charge < -0.3 is 9.47 Å². The second-order valence-electron chi connectivity index (χ2n) is 3.19. The van der Waals surface area contributed by atoms with Crippen LogP contribution in [-0.4, -0.2) is 19.7 Å². The molecule has 0 N–H and O–H groups in total. The summed E-state index contributed by atoms with van der Waals surface area (Å²) in [6.07, 6.45) is 3.96. The molecule has 0 atom stereocenters. The summed E-state index contributed by atoms with van der Waals surface area (Å²) in [5.74, 6) is 0.597. The second-order valence-corrected chi connectivity index (χ2v) is 3.19. The largest absolute Gasteiger partial charge is 0.497 e. The van der Waals surface area contributed by atoms with Crippen LogP contribution in [0.25, 0.3) is 6.08 Å². The van der Waals surface area contributed by atoms with Crippen molar-refractivity contribution in [2.75, 3.05) is 13.7 Å². The Morgan fingerprint density at radius 1 is 1.44 bits per heavy atom. The maximum absolute atomic E-state index is 11.1. The highest BCUT2D eigenvalue weighted by Crippen LogP contribution is 2.13.